The number of amides is 1. The minimum Gasteiger partial charge on any atom is -0.494 e. The maximum absolute atomic E-state index is 13.3. The number of halogens is 2. The van der Waals surface area contributed by atoms with Crippen molar-refractivity contribution in [2.45, 2.75) is 6.54 Å². The molecule has 0 fully saturated rings. The van der Waals surface area contributed by atoms with Gasteiger partial charge >= 0.3 is 0 Å². The van der Waals surface area contributed by atoms with Gasteiger partial charge in [-0.2, -0.15) is 0 Å². The number of carbonyl (C=O) groups excluding carboxylic acids is 1. The first-order chi connectivity index (χ1) is 7.54. The lowest BCUT2D eigenvalue weighted by Crippen LogP contribution is -2.28. The molecule has 1 rings (SSSR count). The number of hydrogen-bond acceptors (Lipinski definition) is 3. The summed E-state index contributed by atoms with van der Waals surface area (Å²) in [7, 11) is 1.25. The summed E-state index contributed by atoms with van der Waals surface area (Å²) < 4.78 is 31.2. The van der Waals surface area contributed by atoms with Crippen LogP contribution in [0.3, 0.4) is 0 Å². The van der Waals surface area contributed by atoms with Gasteiger partial charge in [-0.3, -0.25) is 4.79 Å². The van der Waals surface area contributed by atoms with Crippen LogP contribution in [0.1, 0.15) is 5.56 Å². The molecule has 0 spiro atoms. The third-order valence-electron chi connectivity index (χ3n) is 1.94. The molecule has 0 aromatic heterocycles. The Hall–Kier alpha value is -1.69. The lowest BCUT2D eigenvalue weighted by atomic mass is 10.2. The van der Waals surface area contributed by atoms with E-state index in [0.29, 0.717) is 0 Å². The van der Waals surface area contributed by atoms with Crippen LogP contribution in [0.15, 0.2) is 12.1 Å². The van der Waals surface area contributed by atoms with Crippen molar-refractivity contribution in [3.05, 3.63) is 29.3 Å². The van der Waals surface area contributed by atoms with Crippen LogP contribution < -0.4 is 15.8 Å². The van der Waals surface area contributed by atoms with E-state index in [0.717, 1.165) is 12.1 Å². The lowest BCUT2D eigenvalue weighted by molar-refractivity contribution is -0.117. The molecule has 4 nitrogen and oxygen atoms in total. The molecular weight excluding hydrogens is 218 g/mol. The van der Waals surface area contributed by atoms with Crippen molar-refractivity contribution >= 4 is 5.91 Å². The molecule has 0 atom stereocenters. The Morgan fingerprint density at radius 2 is 2.12 bits per heavy atom. The van der Waals surface area contributed by atoms with E-state index in [9.17, 15) is 13.6 Å². The zero-order chi connectivity index (χ0) is 12.1. The molecule has 6 heteroatoms. The van der Waals surface area contributed by atoms with Crippen molar-refractivity contribution in [3.63, 3.8) is 0 Å². The third kappa shape index (κ3) is 3.16. The van der Waals surface area contributed by atoms with Crippen LogP contribution in [0.5, 0.6) is 5.75 Å². The first-order valence-electron chi connectivity index (χ1n) is 4.55. The number of primary amides is 1. The van der Waals surface area contributed by atoms with Gasteiger partial charge in [0.05, 0.1) is 13.7 Å². The molecule has 1 aromatic carbocycles. The summed E-state index contributed by atoms with van der Waals surface area (Å²) in [6.07, 6.45) is 0. The number of hydrogen-bond donors (Lipinski definition) is 2. The summed E-state index contributed by atoms with van der Waals surface area (Å²) in [5, 5.41) is 2.58. The summed E-state index contributed by atoms with van der Waals surface area (Å²) in [5.41, 5.74) is 4.99. The number of nitrogens with two attached hydrogens (primary N) is 1. The van der Waals surface area contributed by atoms with E-state index < -0.39 is 17.5 Å². The van der Waals surface area contributed by atoms with Gasteiger partial charge in [0.2, 0.25) is 5.91 Å². The first-order valence-corrected chi connectivity index (χ1v) is 4.55. The highest BCUT2D eigenvalue weighted by Crippen LogP contribution is 2.20. The number of methoxy groups -OCH3 is 1. The Morgan fingerprint density at radius 3 is 2.69 bits per heavy atom. The van der Waals surface area contributed by atoms with Gasteiger partial charge in [-0.25, -0.2) is 8.78 Å². The molecule has 0 saturated carbocycles. The van der Waals surface area contributed by atoms with Crippen LogP contribution in [0, 0.1) is 11.6 Å². The van der Waals surface area contributed by atoms with Crippen molar-refractivity contribution in [3.8, 4) is 5.75 Å². The number of rotatable bonds is 5. The van der Waals surface area contributed by atoms with Gasteiger partial charge in [0.1, 0.15) is 5.82 Å². The predicted octanol–water partition coefficient (Wildman–Crippen LogP) is 0.548. The van der Waals surface area contributed by atoms with Crippen LogP contribution in [-0.4, -0.2) is 19.6 Å². The summed E-state index contributed by atoms with van der Waals surface area (Å²) in [6.45, 7) is -0.0667. The molecule has 0 aliphatic carbocycles. The smallest absolute Gasteiger partial charge is 0.231 e. The van der Waals surface area contributed by atoms with Crippen LogP contribution in [-0.2, 0) is 11.3 Å². The maximum Gasteiger partial charge on any atom is 0.231 e. The second-order valence-corrected chi connectivity index (χ2v) is 3.15. The molecular formula is C10H12F2N2O2. The van der Waals surface area contributed by atoms with E-state index in [4.69, 9.17) is 5.73 Å². The van der Waals surface area contributed by atoms with Crippen LogP contribution in [0.25, 0.3) is 0 Å². The van der Waals surface area contributed by atoms with Crippen LogP contribution >= 0.6 is 0 Å². The summed E-state index contributed by atoms with van der Waals surface area (Å²) >= 11 is 0. The van der Waals surface area contributed by atoms with Gasteiger partial charge in [0.15, 0.2) is 11.6 Å². The standard InChI is InChI=1S/C10H12F2N2O2/c1-16-9-3-7(11)6(2-8(9)12)4-14-5-10(13)15/h2-3,14H,4-5H2,1H3,(H2,13,15). The number of nitrogens with one attached hydrogen (secondary N) is 1. The lowest BCUT2D eigenvalue weighted by Gasteiger charge is -2.07. The number of benzene rings is 1. The van der Waals surface area contributed by atoms with Gasteiger partial charge in [-0.1, -0.05) is 0 Å². The number of ether oxygens (including phenoxy) is 1. The molecule has 0 radical (unpaired) electrons. The largest absolute Gasteiger partial charge is 0.494 e. The Morgan fingerprint density at radius 1 is 1.44 bits per heavy atom. The monoisotopic (exact) mass is 230 g/mol. The number of carbonyl (C=O) groups is 1. The minimum absolute atomic E-state index is 0.0235. The highest BCUT2D eigenvalue weighted by Gasteiger charge is 2.10. The Balaban J connectivity index is 2.73. The highest BCUT2D eigenvalue weighted by atomic mass is 19.1. The summed E-state index contributed by atoms with van der Waals surface area (Å²) in [4.78, 5) is 10.4. The van der Waals surface area contributed by atoms with E-state index in [2.05, 4.69) is 10.1 Å². The van der Waals surface area contributed by atoms with Gasteiger partial charge in [-0.15, -0.1) is 0 Å². The SMILES string of the molecule is COc1cc(F)c(CNCC(N)=O)cc1F. The molecule has 1 amide bonds. The second kappa shape index (κ2) is 5.41. The normalized spacial score (nSPS) is 10.2. The Kier molecular flexibility index (Phi) is 4.19. The third-order valence-corrected chi connectivity index (χ3v) is 1.94. The fraction of sp³-hybridized carbons (Fsp3) is 0.300. The molecule has 0 aliphatic heterocycles. The van der Waals surface area contributed by atoms with Crippen molar-refractivity contribution in [2.24, 2.45) is 5.73 Å². The van der Waals surface area contributed by atoms with E-state index in [1.165, 1.54) is 7.11 Å². The molecule has 0 bridgehead atoms. The predicted molar refractivity (Wildman–Crippen MR) is 53.8 cm³/mol. The molecule has 16 heavy (non-hydrogen) atoms. The fourth-order valence-electron chi connectivity index (χ4n) is 1.18. The van der Waals surface area contributed by atoms with E-state index >= 15 is 0 Å². The van der Waals surface area contributed by atoms with Crippen molar-refractivity contribution in [1.82, 2.24) is 5.32 Å². The minimum atomic E-state index is -0.653. The van der Waals surface area contributed by atoms with E-state index in [1.54, 1.807) is 0 Å². The average molecular weight is 230 g/mol. The topological polar surface area (TPSA) is 64.3 Å². The van der Waals surface area contributed by atoms with E-state index in [1.807, 2.05) is 0 Å². The zero-order valence-corrected chi connectivity index (χ0v) is 8.72. The molecule has 0 saturated heterocycles. The Labute approximate surface area is 91.4 Å². The van der Waals surface area contributed by atoms with Crippen LogP contribution in [0.2, 0.25) is 0 Å². The van der Waals surface area contributed by atoms with Crippen molar-refractivity contribution in [2.75, 3.05) is 13.7 Å². The van der Waals surface area contributed by atoms with Gasteiger partial charge < -0.3 is 15.8 Å². The fourth-order valence-corrected chi connectivity index (χ4v) is 1.18. The second-order valence-electron chi connectivity index (χ2n) is 3.15. The molecule has 0 aliphatic rings. The average Bonchev–Trinajstić information content (AvgIpc) is 2.22. The van der Waals surface area contributed by atoms with Gasteiger partial charge in [0.25, 0.3) is 0 Å². The molecule has 1 aromatic rings. The molecule has 3 N–H and O–H groups in total. The zero-order valence-electron chi connectivity index (χ0n) is 8.72. The Bertz CT molecular complexity index is 397. The maximum atomic E-state index is 13.3. The molecule has 0 heterocycles. The van der Waals surface area contributed by atoms with Gasteiger partial charge in [-0.05, 0) is 6.07 Å². The van der Waals surface area contributed by atoms with Crippen molar-refractivity contribution < 1.29 is 18.3 Å². The first kappa shape index (κ1) is 12.4. The van der Waals surface area contributed by atoms with Gasteiger partial charge in [0, 0.05) is 18.2 Å². The summed E-state index contributed by atoms with van der Waals surface area (Å²) in [6, 6.07) is 1.97. The quantitative estimate of drug-likeness (QED) is 0.776. The van der Waals surface area contributed by atoms with E-state index in [-0.39, 0.29) is 24.4 Å². The molecule has 88 valence electrons. The highest BCUT2D eigenvalue weighted by molar-refractivity contribution is 5.75. The van der Waals surface area contributed by atoms with Crippen molar-refractivity contribution in [1.29, 1.82) is 0 Å². The molecule has 0 unspecified atom stereocenters. The summed E-state index contributed by atoms with van der Waals surface area (Å²) in [5.74, 6) is -1.97. The van der Waals surface area contributed by atoms with Crippen LogP contribution in [0.4, 0.5) is 8.78 Å².